The molecule has 2 aromatic carbocycles. The molecule has 27 heavy (non-hydrogen) atoms. The molecule has 4 nitrogen and oxygen atoms in total. The summed E-state index contributed by atoms with van der Waals surface area (Å²) in [6.45, 7) is 7.95. The molecular formula is C20H22Br2ClN3O. The van der Waals surface area contributed by atoms with Crippen molar-refractivity contribution in [1.82, 2.24) is 4.90 Å². The van der Waals surface area contributed by atoms with Gasteiger partial charge in [0.05, 0.1) is 12.2 Å². The van der Waals surface area contributed by atoms with Crippen LogP contribution in [0, 0.1) is 13.8 Å². The van der Waals surface area contributed by atoms with Crippen molar-refractivity contribution >= 4 is 60.7 Å². The molecule has 0 unspecified atom stereocenters. The lowest BCUT2D eigenvalue weighted by Crippen LogP contribution is -2.48. The summed E-state index contributed by atoms with van der Waals surface area (Å²) in [6.07, 6.45) is 0. The zero-order valence-corrected chi connectivity index (χ0v) is 19.3. The van der Waals surface area contributed by atoms with Gasteiger partial charge < -0.3 is 10.2 Å². The first kappa shape index (κ1) is 20.6. The molecule has 1 amide bonds. The van der Waals surface area contributed by atoms with E-state index < -0.39 is 0 Å². The molecule has 0 aromatic heterocycles. The van der Waals surface area contributed by atoms with E-state index in [2.05, 4.69) is 60.0 Å². The largest absolute Gasteiger partial charge is 0.369 e. The quantitative estimate of drug-likeness (QED) is 0.605. The molecule has 0 saturated carbocycles. The van der Waals surface area contributed by atoms with Crippen molar-refractivity contribution in [2.24, 2.45) is 0 Å². The minimum absolute atomic E-state index is 0.00682. The Morgan fingerprint density at radius 2 is 1.70 bits per heavy atom. The molecule has 1 saturated heterocycles. The zero-order valence-electron chi connectivity index (χ0n) is 15.4. The van der Waals surface area contributed by atoms with Gasteiger partial charge in [0.1, 0.15) is 0 Å². The van der Waals surface area contributed by atoms with Crippen molar-refractivity contribution in [2.75, 3.05) is 42.9 Å². The standard InChI is InChI=1S/C20H22Br2ClN3O/c1-13-9-16(21)20(17(22)10-13)24-19(27)12-25-5-7-26(8-6-25)18-11-15(23)4-3-14(18)2/h3-4,9-11H,5-8,12H2,1-2H3,(H,24,27). The van der Waals surface area contributed by atoms with Crippen molar-refractivity contribution in [3.8, 4) is 0 Å². The van der Waals surface area contributed by atoms with Gasteiger partial charge in [0.25, 0.3) is 0 Å². The number of nitrogens with one attached hydrogen (secondary N) is 1. The van der Waals surface area contributed by atoms with Crippen LogP contribution in [0.1, 0.15) is 11.1 Å². The van der Waals surface area contributed by atoms with Gasteiger partial charge in [-0.1, -0.05) is 17.7 Å². The molecule has 1 N–H and O–H groups in total. The summed E-state index contributed by atoms with van der Waals surface area (Å²) in [6, 6.07) is 9.97. The van der Waals surface area contributed by atoms with E-state index in [0.717, 1.165) is 51.4 Å². The van der Waals surface area contributed by atoms with Crippen molar-refractivity contribution in [2.45, 2.75) is 13.8 Å². The number of piperazine rings is 1. The minimum Gasteiger partial charge on any atom is -0.369 e. The highest BCUT2D eigenvalue weighted by atomic mass is 79.9. The maximum atomic E-state index is 12.5. The van der Waals surface area contributed by atoms with Gasteiger partial charge >= 0.3 is 0 Å². The van der Waals surface area contributed by atoms with E-state index in [-0.39, 0.29) is 5.91 Å². The summed E-state index contributed by atoms with van der Waals surface area (Å²) in [5, 5.41) is 3.76. The van der Waals surface area contributed by atoms with Gasteiger partial charge in [0.15, 0.2) is 0 Å². The molecule has 144 valence electrons. The Labute approximate surface area is 182 Å². The Kier molecular flexibility index (Phi) is 6.84. The fraction of sp³-hybridized carbons (Fsp3) is 0.350. The van der Waals surface area contributed by atoms with Gasteiger partial charge in [-0.15, -0.1) is 0 Å². The average Bonchev–Trinajstić information content (AvgIpc) is 2.61. The highest BCUT2D eigenvalue weighted by molar-refractivity contribution is 9.11. The summed E-state index contributed by atoms with van der Waals surface area (Å²) in [4.78, 5) is 17.0. The van der Waals surface area contributed by atoms with Gasteiger partial charge in [-0.05, 0) is 81.1 Å². The van der Waals surface area contributed by atoms with Crippen LogP contribution < -0.4 is 10.2 Å². The highest BCUT2D eigenvalue weighted by Crippen LogP contribution is 2.32. The Bertz CT molecular complexity index is 828. The summed E-state index contributed by atoms with van der Waals surface area (Å²) >= 11 is 13.2. The first-order chi connectivity index (χ1) is 12.8. The zero-order chi connectivity index (χ0) is 19.6. The Morgan fingerprint density at radius 1 is 1.07 bits per heavy atom. The molecule has 2 aromatic rings. The maximum absolute atomic E-state index is 12.5. The van der Waals surface area contributed by atoms with E-state index in [9.17, 15) is 4.79 Å². The highest BCUT2D eigenvalue weighted by Gasteiger charge is 2.21. The number of benzene rings is 2. The average molecular weight is 516 g/mol. The number of nitrogens with zero attached hydrogens (tertiary/aromatic N) is 2. The van der Waals surface area contributed by atoms with Gasteiger partial charge in [0, 0.05) is 45.8 Å². The number of aryl methyl sites for hydroxylation is 2. The second-order valence-corrected chi connectivity index (χ2v) is 8.99. The fourth-order valence-electron chi connectivity index (χ4n) is 3.27. The molecule has 1 fully saturated rings. The van der Waals surface area contributed by atoms with Crippen LogP contribution >= 0.6 is 43.5 Å². The molecule has 1 heterocycles. The Hall–Kier alpha value is -1.08. The number of halogens is 3. The lowest BCUT2D eigenvalue weighted by molar-refractivity contribution is -0.117. The Morgan fingerprint density at radius 3 is 2.33 bits per heavy atom. The first-order valence-corrected chi connectivity index (χ1v) is 10.8. The topological polar surface area (TPSA) is 35.6 Å². The number of carbonyl (C=O) groups excluding carboxylic acids is 1. The normalized spacial score (nSPS) is 15.1. The van der Waals surface area contributed by atoms with Gasteiger partial charge in [-0.2, -0.15) is 0 Å². The lowest BCUT2D eigenvalue weighted by atomic mass is 10.1. The van der Waals surface area contributed by atoms with Gasteiger partial charge in [-0.25, -0.2) is 0 Å². The van der Waals surface area contributed by atoms with Crippen molar-refractivity contribution in [1.29, 1.82) is 0 Å². The monoisotopic (exact) mass is 513 g/mol. The number of carbonyl (C=O) groups is 1. The number of rotatable bonds is 4. The second kappa shape index (κ2) is 8.95. The molecule has 0 aliphatic carbocycles. The molecule has 7 heteroatoms. The predicted octanol–water partition coefficient (Wildman–Crippen LogP) is 5.24. The molecule has 3 rings (SSSR count). The van der Waals surface area contributed by atoms with Crippen LogP contribution in [0.5, 0.6) is 0 Å². The van der Waals surface area contributed by atoms with E-state index in [0.29, 0.717) is 6.54 Å². The molecular weight excluding hydrogens is 494 g/mol. The van der Waals surface area contributed by atoms with E-state index >= 15 is 0 Å². The maximum Gasteiger partial charge on any atom is 0.238 e. The first-order valence-electron chi connectivity index (χ1n) is 8.82. The van der Waals surface area contributed by atoms with E-state index in [1.807, 2.05) is 31.2 Å². The summed E-state index contributed by atoms with van der Waals surface area (Å²) < 4.78 is 1.76. The number of amides is 1. The van der Waals surface area contributed by atoms with Crippen LogP contribution in [0.3, 0.4) is 0 Å². The van der Waals surface area contributed by atoms with Crippen LogP contribution in [-0.2, 0) is 4.79 Å². The molecule has 0 radical (unpaired) electrons. The summed E-state index contributed by atoms with van der Waals surface area (Å²) in [5.74, 6) is -0.00682. The lowest BCUT2D eigenvalue weighted by Gasteiger charge is -2.36. The third kappa shape index (κ3) is 5.25. The second-order valence-electron chi connectivity index (χ2n) is 6.85. The van der Waals surface area contributed by atoms with Crippen LogP contribution in [0.25, 0.3) is 0 Å². The van der Waals surface area contributed by atoms with E-state index in [1.165, 1.54) is 11.3 Å². The molecule has 0 bridgehead atoms. The fourth-order valence-corrected chi connectivity index (χ4v) is 5.05. The van der Waals surface area contributed by atoms with Crippen molar-refractivity contribution < 1.29 is 4.79 Å². The van der Waals surface area contributed by atoms with Gasteiger partial charge in [-0.3, -0.25) is 9.69 Å². The Balaban J connectivity index is 1.56. The van der Waals surface area contributed by atoms with Crippen LogP contribution in [0.2, 0.25) is 5.02 Å². The number of hydrogen-bond acceptors (Lipinski definition) is 3. The minimum atomic E-state index is -0.00682. The number of hydrogen-bond donors (Lipinski definition) is 1. The molecule has 1 aliphatic heterocycles. The molecule has 0 spiro atoms. The van der Waals surface area contributed by atoms with Crippen molar-refractivity contribution in [3.63, 3.8) is 0 Å². The number of anilines is 2. The SMILES string of the molecule is Cc1cc(Br)c(NC(=O)CN2CCN(c3cc(Cl)ccc3C)CC2)c(Br)c1. The predicted molar refractivity (Wildman–Crippen MR) is 120 cm³/mol. The third-order valence-corrected chi connectivity index (χ3v) is 6.19. The van der Waals surface area contributed by atoms with Crippen LogP contribution in [-0.4, -0.2) is 43.5 Å². The van der Waals surface area contributed by atoms with Gasteiger partial charge in [0.2, 0.25) is 5.91 Å². The molecule has 0 atom stereocenters. The van der Waals surface area contributed by atoms with Crippen LogP contribution in [0.15, 0.2) is 39.3 Å². The van der Waals surface area contributed by atoms with E-state index in [4.69, 9.17) is 11.6 Å². The summed E-state index contributed by atoms with van der Waals surface area (Å²) in [5.41, 5.74) is 4.30. The third-order valence-electron chi connectivity index (χ3n) is 4.70. The van der Waals surface area contributed by atoms with E-state index in [1.54, 1.807) is 0 Å². The van der Waals surface area contributed by atoms with Crippen LogP contribution in [0.4, 0.5) is 11.4 Å². The smallest absolute Gasteiger partial charge is 0.238 e. The summed E-state index contributed by atoms with van der Waals surface area (Å²) in [7, 11) is 0. The molecule has 1 aliphatic rings. The van der Waals surface area contributed by atoms with Crippen molar-refractivity contribution in [3.05, 3.63) is 55.4 Å².